The number of anilines is 1. The van der Waals surface area contributed by atoms with E-state index in [1.807, 2.05) is 0 Å². The Balaban J connectivity index is 1.61. The van der Waals surface area contributed by atoms with E-state index in [1.165, 1.54) is 36.0 Å². The number of carbonyl (C=O) groups excluding carboxylic acids is 1. The Morgan fingerprint density at radius 3 is 2.70 bits per heavy atom. The minimum absolute atomic E-state index is 0.00415. The van der Waals surface area contributed by atoms with Crippen LogP contribution < -0.4 is 20.9 Å². The lowest BCUT2D eigenvalue weighted by atomic mass is 9.96. The van der Waals surface area contributed by atoms with Gasteiger partial charge in [0.1, 0.15) is 29.6 Å². The first kappa shape index (κ1) is 29.4. The van der Waals surface area contributed by atoms with Crippen molar-refractivity contribution in [2.75, 3.05) is 12.3 Å². The molecule has 0 spiro atoms. The number of nitrogens with two attached hydrogens (primary N) is 1. The highest BCUT2D eigenvalue weighted by molar-refractivity contribution is 7.52. The van der Waals surface area contributed by atoms with E-state index in [4.69, 9.17) is 24.3 Å². The summed E-state index contributed by atoms with van der Waals surface area (Å²) in [5.74, 6) is -0.726. The number of hydrogen-bond acceptors (Lipinski definition) is 12. The Hall–Kier alpha value is -3.59. The highest BCUT2D eigenvalue weighted by atomic mass is 31.2. The number of aromatic nitrogens is 4. The lowest BCUT2D eigenvalue weighted by molar-refractivity contribution is -0.149. The zero-order valence-corrected chi connectivity index (χ0v) is 22.9. The van der Waals surface area contributed by atoms with E-state index < -0.39 is 62.1 Å². The van der Waals surface area contributed by atoms with Crippen LogP contribution in [0.1, 0.15) is 27.0 Å². The number of aliphatic hydroxyl groups is 2. The minimum atomic E-state index is -4.35. The van der Waals surface area contributed by atoms with Gasteiger partial charge in [-0.3, -0.25) is 23.7 Å². The Kier molecular flexibility index (Phi) is 8.44. The summed E-state index contributed by atoms with van der Waals surface area (Å²) in [5.41, 5.74) is 3.15. The Labute approximate surface area is 228 Å². The normalized spacial score (nSPS) is 25.0. The summed E-state index contributed by atoms with van der Waals surface area (Å²) in [5, 5.41) is 24.5. The zero-order chi connectivity index (χ0) is 29.2. The molecular weight excluding hydrogens is 547 g/mol. The van der Waals surface area contributed by atoms with Crippen molar-refractivity contribution in [1.82, 2.24) is 24.6 Å². The molecule has 15 nitrogen and oxygen atoms in total. The van der Waals surface area contributed by atoms with Gasteiger partial charge in [0.15, 0.2) is 17.4 Å². The van der Waals surface area contributed by atoms with Gasteiger partial charge in [-0.1, -0.05) is 24.3 Å². The van der Waals surface area contributed by atoms with Crippen molar-refractivity contribution in [3.63, 3.8) is 0 Å². The molecule has 0 radical (unpaired) electrons. The molecule has 0 amide bonds. The maximum atomic E-state index is 13.9. The van der Waals surface area contributed by atoms with E-state index in [2.05, 4.69) is 26.6 Å². The summed E-state index contributed by atoms with van der Waals surface area (Å²) in [6.45, 7) is 7.81. The molecule has 3 heterocycles. The van der Waals surface area contributed by atoms with Crippen molar-refractivity contribution < 1.29 is 38.1 Å². The molecule has 0 aliphatic carbocycles. The van der Waals surface area contributed by atoms with Crippen molar-refractivity contribution >= 4 is 30.8 Å². The number of nitrogens with zero attached hydrogens (tertiary/aromatic N) is 3. The van der Waals surface area contributed by atoms with Crippen LogP contribution in [0.2, 0.25) is 0 Å². The second-order valence-corrected chi connectivity index (χ2v) is 11.1. The molecule has 0 bridgehead atoms. The van der Waals surface area contributed by atoms with Crippen LogP contribution in [0, 0.1) is 0 Å². The number of nitrogen functional groups attached to an aromatic ring is 1. The Morgan fingerprint density at radius 2 is 2.05 bits per heavy atom. The van der Waals surface area contributed by atoms with Crippen LogP contribution in [0.4, 0.5) is 5.95 Å². The maximum Gasteiger partial charge on any atom is 0.459 e. The van der Waals surface area contributed by atoms with Gasteiger partial charge in [-0.05, 0) is 32.9 Å². The number of benzene rings is 1. The Bertz CT molecular complexity index is 1480. The van der Waals surface area contributed by atoms with Crippen LogP contribution in [-0.4, -0.2) is 72.3 Å². The van der Waals surface area contributed by atoms with Crippen LogP contribution >= 0.6 is 7.75 Å². The van der Waals surface area contributed by atoms with E-state index in [-0.39, 0.29) is 22.9 Å². The number of aromatic amines is 1. The number of hydrogen-bond donors (Lipinski definition) is 5. The van der Waals surface area contributed by atoms with E-state index in [1.54, 1.807) is 32.0 Å². The van der Waals surface area contributed by atoms with Gasteiger partial charge in [0.2, 0.25) is 5.95 Å². The van der Waals surface area contributed by atoms with Gasteiger partial charge in [-0.15, -0.1) is 6.58 Å². The van der Waals surface area contributed by atoms with Crippen LogP contribution in [0.15, 0.2) is 54.1 Å². The van der Waals surface area contributed by atoms with Crippen molar-refractivity contribution in [3.8, 4) is 5.75 Å². The fourth-order valence-electron chi connectivity index (χ4n) is 4.03. The maximum absolute atomic E-state index is 13.9. The van der Waals surface area contributed by atoms with Gasteiger partial charge in [-0.2, -0.15) is 10.1 Å². The first-order chi connectivity index (χ1) is 18.9. The number of ether oxygens (including phenoxy) is 2. The SMILES string of the molecule is C=C[C@]1(COP(=O)(N[C@@H](C)C(=O)OC(C)C)Oc2ccccc2)O[C@@H](n2cnc3c(=O)[nH]c(N)nc32)[C@H](O)[C@@H]1O. The molecule has 1 aliphatic rings. The van der Waals surface area contributed by atoms with E-state index in [9.17, 15) is 24.4 Å². The fourth-order valence-corrected chi connectivity index (χ4v) is 5.56. The number of rotatable bonds is 11. The third-order valence-electron chi connectivity index (χ3n) is 6.01. The minimum Gasteiger partial charge on any atom is -0.462 e. The molecule has 0 saturated carbocycles. The van der Waals surface area contributed by atoms with E-state index in [0.717, 1.165) is 0 Å². The molecule has 1 aliphatic heterocycles. The standard InChI is InChI=1S/C24H31N6O9P/c1-5-24(18(32)17(31)21(38-24)30-12-26-16-19(30)27-23(25)28-20(16)33)11-36-40(35,39-15-9-7-6-8-10-15)29-14(4)22(34)37-13(2)3/h5-10,12-14,17-18,21,31-32H,1,11H2,2-4H3,(H,29,35)(H3,25,27,28,33)/t14-,17+,18-,21+,24+,40?/m0/s1. The second kappa shape index (κ2) is 11.5. The number of fused-ring (bicyclic) bond motifs is 1. The number of carbonyl (C=O) groups is 1. The smallest absolute Gasteiger partial charge is 0.459 e. The monoisotopic (exact) mass is 578 g/mol. The number of aliphatic hydroxyl groups excluding tert-OH is 2. The van der Waals surface area contributed by atoms with E-state index in [0.29, 0.717) is 0 Å². The third kappa shape index (κ3) is 5.94. The summed E-state index contributed by atoms with van der Waals surface area (Å²) in [4.78, 5) is 35.0. The van der Waals surface area contributed by atoms with Gasteiger partial charge < -0.3 is 29.9 Å². The number of esters is 1. The molecule has 1 aromatic carbocycles. The third-order valence-corrected chi connectivity index (χ3v) is 7.64. The topological polar surface area (TPSA) is 213 Å². The lowest BCUT2D eigenvalue weighted by Crippen LogP contribution is -2.46. The second-order valence-electron chi connectivity index (χ2n) is 9.39. The number of para-hydroxylation sites is 1. The van der Waals surface area contributed by atoms with E-state index >= 15 is 0 Å². The summed E-state index contributed by atoms with van der Waals surface area (Å²) in [6, 6.07) is 6.96. The largest absolute Gasteiger partial charge is 0.462 e. The molecule has 6 atom stereocenters. The van der Waals surface area contributed by atoms with Gasteiger partial charge in [-0.25, -0.2) is 9.55 Å². The molecule has 16 heteroatoms. The molecule has 6 N–H and O–H groups in total. The molecule has 4 rings (SSSR count). The van der Waals surface area contributed by atoms with Gasteiger partial charge in [0.25, 0.3) is 5.56 Å². The number of imidazole rings is 1. The molecule has 3 aromatic rings. The molecule has 2 aromatic heterocycles. The van der Waals surface area contributed by atoms with Crippen molar-refractivity contribution in [2.45, 2.75) is 57.0 Å². The van der Waals surface area contributed by atoms with Crippen LogP contribution in [-0.2, 0) is 23.4 Å². The predicted octanol–water partition coefficient (Wildman–Crippen LogP) is 1.01. The molecule has 1 saturated heterocycles. The molecule has 216 valence electrons. The highest BCUT2D eigenvalue weighted by Crippen LogP contribution is 2.48. The van der Waals surface area contributed by atoms with Crippen molar-refractivity contribution in [3.05, 3.63) is 59.7 Å². The molecule has 40 heavy (non-hydrogen) atoms. The summed E-state index contributed by atoms with van der Waals surface area (Å²) in [6.07, 6.45) is -2.62. The van der Waals surface area contributed by atoms with Crippen LogP contribution in [0.25, 0.3) is 11.2 Å². The lowest BCUT2D eigenvalue weighted by Gasteiger charge is -2.31. The van der Waals surface area contributed by atoms with Crippen LogP contribution in [0.3, 0.4) is 0 Å². The predicted molar refractivity (Wildman–Crippen MR) is 142 cm³/mol. The average molecular weight is 579 g/mol. The molecule has 1 unspecified atom stereocenters. The summed E-state index contributed by atoms with van der Waals surface area (Å²) >= 11 is 0. The zero-order valence-electron chi connectivity index (χ0n) is 22.0. The summed E-state index contributed by atoms with van der Waals surface area (Å²) in [7, 11) is -4.35. The highest BCUT2D eigenvalue weighted by Gasteiger charge is 2.55. The van der Waals surface area contributed by atoms with Crippen molar-refractivity contribution in [1.29, 1.82) is 0 Å². The number of H-pyrrole nitrogens is 1. The quantitative estimate of drug-likeness (QED) is 0.122. The van der Waals surface area contributed by atoms with Gasteiger partial charge >= 0.3 is 13.7 Å². The molecular formula is C24H31N6O9P. The summed E-state index contributed by atoms with van der Waals surface area (Å²) < 4.78 is 37.6. The fraction of sp³-hybridized carbons (Fsp3) is 0.417. The van der Waals surface area contributed by atoms with Crippen molar-refractivity contribution in [2.24, 2.45) is 0 Å². The molecule has 1 fully saturated rings. The first-order valence-electron chi connectivity index (χ1n) is 12.3. The van der Waals surface area contributed by atoms with Crippen LogP contribution in [0.5, 0.6) is 5.75 Å². The number of nitrogens with one attached hydrogen (secondary N) is 2. The Morgan fingerprint density at radius 1 is 1.35 bits per heavy atom. The average Bonchev–Trinajstić information content (AvgIpc) is 3.42. The van der Waals surface area contributed by atoms with Gasteiger partial charge in [0.05, 0.1) is 19.0 Å². The van der Waals surface area contributed by atoms with Gasteiger partial charge in [0, 0.05) is 0 Å². The first-order valence-corrected chi connectivity index (χ1v) is 13.8.